The Bertz CT molecular complexity index is 1160. The first kappa shape index (κ1) is 21.2. The molecule has 1 N–H and O–H groups in total. The zero-order chi connectivity index (χ0) is 22.3. The zero-order valence-corrected chi connectivity index (χ0v) is 18.1. The van der Waals surface area contributed by atoms with E-state index in [0.29, 0.717) is 30.0 Å². The number of pyridine rings is 1. The summed E-state index contributed by atoms with van der Waals surface area (Å²) in [6, 6.07) is 21.2. The predicted molar refractivity (Wildman–Crippen MR) is 124 cm³/mol. The molecule has 0 atom stereocenters. The maximum atomic E-state index is 12.9. The number of nitrogens with zero attached hydrogens (tertiary/aromatic N) is 4. The third kappa shape index (κ3) is 5.18. The van der Waals surface area contributed by atoms with Crippen LogP contribution < -0.4 is 10.1 Å². The summed E-state index contributed by atoms with van der Waals surface area (Å²) < 4.78 is 6.87. The van der Waals surface area contributed by atoms with E-state index in [9.17, 15) is 4.79 Å². The van der Waals surface area contributed by atoms with Crippen LogP contribution in [0.15, 0.2) is 79.1 Å². The molecule has 0 radical (unpaired) electrons. The van der Waals surface area contributed by atoms with Crippen molar-refractivity contribution in [3.63, 3.8) is 0 Å². The molecule has 7 nitrogen and oxygen atoms in total. The third-order valence-corrected chi connectivity index (χ3v) is 4.97. The summed E-state index contributed by atoms with van der Waals surface area (Å²) in [5.41, 5.74) is 3.09. The Hall–Kier alpha value is -4.00. The number of hydrogen-bond acceptors (Lipinski definition) is 6. The topological polar surface area (TPSA) is 81.9 Å². The molecule has 7 heteroatoms. The lowest BCUT2D eigenvalue weighted by Crippen LogP contribution is -2.22. The number of rotatable bonds is 8. The minimum atomic E-state index is -0.325. The van der Waals surface area contributed by atoms with Crippen LogP contribution >= 0.6 is 0 Å². The van der Waals surface area contributed by atoms with E-state index in [1.165, 1.54) is 10.2 Å². The van der Waals surface area contributed by atoms with Crippen molar-refractivity contribution >= 4 is 11.9 Å². The Morgan fingerprint density at radius 1 is 1.03 bits per heavy atom. The average Bonchev–Trinajstić information content (AvgIpc) is 3.27. The quantitative estimate of drug-likeness (QED) is 0.435. The summed E-state index contributed by atoms with van der Waals surface area (Å²) in [5, 5.41) is 7.66. The van der Waals surface area contributed by atoms with Crippen LogP contribution in [0.25, 0.3) is 11.4 Å². The van der Waals surface area contributed by atoms with Crippen LogP contribution in [0.4, 0.5) is 5.95 Å². The fourth-order valence-corrected chi connectivity index (χ4v) is 3.14. The van der Waals surface area contributed by atoms with Gasteiger partial charge in [-0.25, -0.2) is 0 Å². The Balaban J connectivity index is 1.53. The lowest BCUT2D eigenvalue weighted by atomic mass is 10.0. The highest BCUT2D eigenvalue weighted by atomic mass is 16.5. The number of benzene rings is 2. The maximum absolute atomic E-state index is 12.9. The number of aromatic nitrogens is 4. The van der Waals surface area contributed by atoms with Gasteiger partial charge in [0.25, 0.3) is 5.91 Å². The van der Waals surface area contributed by atoms with E-state index in [2.05, 4.69) is 58.5 Å². The first-order chi connectivity index (χ1) is 15.6. The molecule has 2 aromatic heterocycles. The van der Waals surface area contributed by atoms with Crippen molar-refractivity contribution in [2.75, 3.05) is 11.9 Å². The van der Waals surface area contributed by atoms with Gasteiger partial charge in [0.15, 0.2) is 12.4 Å². The normalized spacial score (nSPS) is 10.8. The van der Waals surface area contributed by atoms with Gasteiger partial charge in [0.1, 0.15) is 5.75 Å². The van der Waals surface area contributed by atoms with Gasteiger partial charge in [-0.2, -0.15) is 9.67 Å². The van der Waals surface area contributed by atoms with Crippen LogP contribution in [0.5, 0.6) is 5.75 Å². The number of anilines is 1. The van der Waals surface area contributed by atoms with Crippen molar-refractivity contribution < 1.29 is 9.53 Å². The van der Waals surface area contributed by atoms with Gasteiger partial charge in [0, 0.05) is 24.5 Å². The summed E-state index contributed by atoms with van der Waals surface area (Å²) in [7, 11) is 0. The molecular weight excluding hydrogens is 402 g/mol. The molecule has 0 saturated carbocycles. The van der Waals surface area contributed by atoms with Crippen LogP contribution in [0.1, 0.15) is 35.7 Å². The molecule has 0 saturated heterocycles. The standard InChI is InChI=1S/C25H25N5O2/c1-18(2)20-12-10-19(11-13-20)15-27-25-28-24(21-7-6-14-26-16-21)29-30(25)23(31)17-32-22-8-4-3-5-9-22/h3-14,16,18H,15,17H2,1-2H3,(H,27,28,29). The van der Waals surface area contributed by atoms with Crippen molar-refractivity contribution in [1.82, 2.24) is 19.7 Å². The number of hydrogen-bond donors (Lipinski definition) is 1. The van der Waals surface area contributed by atoms with Gasteiger partial charge in [-0.15, -0.1) is 5.10 Å². The maximum Gasteiger partial charge on any atom is 0.287 e. The van der Waals surface area contributed by atoms with Crippen molar-refractivity contribution in [3.05, 3.63) is 90.3 Å². The molecule has 2 heterocycles. The van der Waals surface area contributed by atoms with E-state index >= 15 is 0 Å². The van der Waals surface area contributed by atoms with Crippen molar-refractivity contribution in [2.45, 2.75) is 26.3 Å². The first-order valence-electron chi connectivity index (χ1n) is 10.5. The minimum Gasteiger partial charge on any atom is -0.484 e. The molecule has 0 unspecified atom stereocenters. The highest BCUT2D eigenvalue weighted by molar-refractivity contribution is 5.82. The van der Waals surface area contributed by atoms with E-state index in [4.69, 9.17) is 4.74 Å². The van der Waals surface area contributed by atoms with Gasteiger partial charge in [-0.1, -0.05) is 56.3 Å². The number of para-hydroxylation sites is 1. The van der Waals surface area contributed by atoms with Gasteiger partial charge in [-0.3, -0.25) is 9.78 Å². The molecule has 0 spiro atoms. The molecule has 0 bridgehead atoms. The van der Waals surface area contributed by atoms with E-state index in [1.54, 1.807) is 30.6 Å². The monoisotopic (exact) mass is 427 g/mol. The average molecular weight is 428 g/mol. The fraction of sp³-hybridized carbons (Fsp3) is 0.200. The van der Waals surface area contributed by atoms with Crippen LogP contribution in [-0.2, 0) is 6.54 Å². The van der Waals surface area contributed by atoms with Gasteiger partial charge in [0.2, 0.25) is 5.95 Å². The van der Waals surface area contributed by atoms with Crippen LogP contribution in [0.3, 0.4) is 0 Å². The van der Waals surface area contributed by atoms with Gasteiger partial charge >= 0.3 is 0 Å². The molecular formula is C25H25N5O2. The summed E-state index contributed by atoms with van der Waals surface area (Å²) >= 11 is 0. The number of nitrogens with one attached hydrogen (secondary N) is 1. The van der Waals surface area contributed by atoms with Gasteiger partial charge in [-0.05, 0) is 41.3 Å². The van der Waals surface area contributed by atoms with Crippen molar-refractivity contribution in [1.29, 1.82) is 0 Å². The van der Waals surface area contributed by atoms with E-state index < -0.39 is 0 Å². The first-order valence-corrected chi connectivity index (χ1v) is 10.5. The third-order valence-electron chi connectivity index (χ3n) is 4.97. The van der Waals surface area contributed by atoms with E-state index in [0.717, 1.165) is 11.1 Å². The Morgan fingerprint density at radius 2 is 1.81 bits per heavy atom. The van der Waals surface area contributed by atoms with E-state index in [1.807, 2.05) is 24.3 Å². The van der Waals surface area contributed by atoms with Crippen molar-refractivity contribution in [2.24, 2.45) is 0 Å². The molecule has 32 heavy (non-hydrogen) atoms. The lowest BCUT2D eigenvalue weighted by Gasteiger charge is -2.10. The highest BCUT2D eigenvalue weighted by Crippen LogP contribution is 2.19. The highest BCUT2D eigenvalue weighted by Gasteiger charge is 2.18. The number of carbonyl (C=O) groups excluding carboxylic acids is 1. The second-order valence-corrected chi connectivity index (χ2v) is 7.66. The largest absolute Gasteiger partial charge is 0.484 e. The van der Waals surface area contributed by atoms with Crippen LogP contribution in [-0.4, -0.2) is 32.3 Å². The molecule has 0 aliphatic carbocycles. The molecule has 2 aromatic carbocycles. The van der Waals surface area contributed by atoms with Gasteiger partial charge < -0.3 is 10.1 Å². The Labute approximate surface area is 187 Å². The van der Waals surface area contributed by atoms with Crippen LogP contribution in [0, 0.1) is 0 Å². The molecule has 0 aliphatic heterocycles. The SMILES string of the molecule is CC(C)c1ccc(CNc2nc(-c3cccnc3)nn2C(=O)COc2ccccc2)cc1. The number of ether oxygens (including phenoxy) is 1. The zero-order valence-electron chi connectivity index (χ0n) is 18.1. The minimum absolute atomic E-state index is 0.155. The van der Waals surface area contributed by atoms with Gasteiger partial charge in [0.05, 0.1) is 0 Å². The van der Waals surface area contributed by atoms with Crippen molar-refractivity contribution in [3.8, 4) is 17.1 Å². The molecule has 4 aromatic rings. The smallest absolute Gasteiger partial charge is 0.287 e. The molecule has 0 aliphatic rings. The summed E-state index contributed by atoms with van der Waals surface area (Å²) in [6.45, 7) is 4.69. The Kier molecular flexibility index (Phi) is 6.55. The summed E-state index contributed by atoms with van der Waals surface area (Å²) in [6.07, 6.45) is 3.35. The Morgan fingerprint density at radius 3 is 2.50 bits per heavy atom. The second-order valence-electron chi connectivity index (χ2n) is 7.66. The fourth-order valence-electron chi connectivity index (χ4n) is 3.14. The molecule has 0 amide bonds. The molecule has 0 fully saturated rings. The van der Waals surface area contributed by atoms with E-state index in [-0.39, 0.29) is 12.5 Å². The lowest BCUT2D eigenvalue weighted by molar-refractivity contribution is 0.0824. The summed E-state index contributed by atoms with van der Waals surface area (Å²) in [4.78, 5) is 21.6. The second kappa shape index (κ2) is 9.87. The molecule has 162 valence electrons. The summed E-state index contributed by atoms with van der Waals surface area (Å²) in [5.74, 6) is 1.55. The predicted octanol–water partition coefficient (Wildman–Crippen LogP) is 4.79. The number of carbonyl (C=O) groups is 1. The van der Waals surface area contributed by atoms with Crippen LogP contribution in [0.2, 0.25) is 0 Å². The molecule has 4 rings (SSSR count).